The number of nitriles is 1. The lowest BCUT2D eigenvalue weighted by molar-refractivity contribution is -0.132. The van der Waals surface area contributed by atoms with E-state index in [1.54, 1.807) is 12.1 Å². The van der Waals surface area contributed by atoms with E-state index in [-0.39, 0.29) is 16.4 Å². The Balaban J connectivity index is 1.44. The van der Waals surface area contributed by atoms with Crippen molar-refractivity contribution in [3.8, 4) is 28.3 Å². The van der Waals surface area contributed by atoms with Crippen molar-refractivity contribution in [2.24, 2.45) is 23.7 Å². The summed E-state index contributed by atoms with van der Waals surface area (Å²) in [4.78, 5) is 13.7. The molecule has 0 saturated carbocycles. The van der Waals surface area contributed by atoms with Crippen LogP contribution in [-0.4, -0.2) is 11.1 Å². The van der Waals surface area contributed by atoms with Crippen molar-refractivity contribution >= 4 is 29.1 Å². The zero-order chi connectivity index (χ0) is 38.5. The first-order chi connectivity index (χ1) is 25.9. The van der Waals surface area contributed by atoms with E-state index >= 15 is 0 Å². The Kier molecular flexibility index (Phi) is 9.48. The summed E-state index contributed by atoms with van der Waals surface area (Å²) >= 11 is 0. The summed E-state index contributed by atoms with van der Waals surface area (Å²) in [6, 6.07) is 42.1. The van der Waals surface area contributed by atoms with Gasteiger partial charge in [-0.15, -0.1) is 0 Å². The zero-order valence-corrected chi connectivity index (χ0v) is 32.7. The number of aliphatic carboxylic acids is 1. The molecular formula is C50H50N2O2. The van der Waals surface area contributed by atoms with Crippen LogP contribution < -0.4 is 4.90 Å². The molecule has 0 amide bonds. The molecular weight excluding hydrogens is 661 g/mol. The van der Waals surface area contributed by atoms with Crippen LogP contribution in [0, 0.1) is 35.0 Å². The number of hydrogen-bond donors (Lipinski definition) is 1. The fourth-order valence-electron chi connectivity index (χ4n) is 10.4. The van der Waals surface area contributed by atoms with Gasteiger partial charge >= 0.3 is 5.97 Å². The molecule has 0 aromatic heterocycles. The van der Waals surface area contributed by atoms with E-state index in [0.29, 0.717) is 23.7 Å². The van der Waals surface area contributed by atoms with E-state index in [1.165, 1.54) is 50.6 Å². The first-order valence-corrected chi connectivity index (χ1v) is 19.3. The maximum atomic E-state index is 11.3. The van der Waals surface area contributed by atoms with Crippen LogP contribution in [0.25, 0.3) is 28.3 Å². The Morgan fingerprint density at radius 2 is 1.00 bits per heavy atom. The Hall–Kier alpha value is -5.66. The minimum atomic E-state index is -1.24. The molecule has 0 unspecified atom stereocenters. The fraction of sp³-hybridized carbons (Fsp3) is 0.280. The molecule has 0 aliphatic heterocycles. The van der Waals surface area contributed by atoms with Crippen molar-refractivity contribution in [2.45, 2.75) is 66.2 Å². The highest BCUT2D eigenvalue weighted by Crippen LogP contribution is 2.59. The quantitative estimate of drug-likeness (QED) is 0.0890. The molecule has 2 aliphatic carbocycles. The Morgan fingerprint density at radius 1 is 0.593 bits per heavy atom. The molecule has 5 aromatic rings. The zero-order valence-electron chi connectivity index (χ0n) is 32.7. The minimum Gasteiger partial charge on any atom is -0.477 e. The Bertz CT molecular complexity index is 2210. The van der Waals surface area contributed by atoms with Crippen LogP contribution in [0.5, 0.6) is 0 Å². The molecule has 2 aliphatic rings. The van der Waals surface area contributed by atoms with Gasteiger partial charge in [-0.1, -0.05) is 140 Å². The molecule has 1 N–H and O–H groups in total. The Labute approximate surface area is 321 Å². The van der Waals surface area contributed by atoms with Crippen LogP contribution in [0.4, 0.5) is 17.1 Å². The predicted molar refractivity (Wildman–Crippen MR) is 223 cm³/mol. The van der Waals surface area contributed by atoms with Crippen molar-refractivity contribution in [1.29, 1.82) is 5.26 Å². The molecule has 5 aromatic carbocycles. The lowest BCUT2D eigenvalue weighted by Gasteiger charge is -2.41. The first-order valence-electron chi connectivity index (χ1n) is 19.3. The second kappa shape index (κ2) is 14.0. The molecule has 4 heteroatoms. The highest BCUT2D eigenvalue weighted by molar-refractivity contribution is 5.92. The monoisotopic (exact) mass is 710 g/mol. The van der Waals surface area contributed by atoms with Crippen LogP contribution in [0.1, 0.15) is 83.2 Å². The number of benzene rings is 5. The third-order valence-electron chi connectivity index (χ3n) is 12.4. The molecule has 0 bridgehead atoms. The maximum absolute atomic E-state index is 11.3. The predicted octanol–water partition coefficient (Wildman–Crippen LogP) is 12.9. The van der Waals surface area contributed by atoms with Crippen molar-refractivity contribution in [1.82, 2.24) is 0 Å². The van der Waals surface area contributed by atoms with Crippen molar-refractivity contribution in [2.75, 3.05) is 4.90 Å². The molecule has 54 heavy (non-hydrogen) atoms. The van der Waals surface area contributed by atoms with E-state index < -0.39 is 5.97 Å². The van der Waals surface area contributed by atoms with Crippen LogP contribution in [0.3, 0.4) is 0 Å². The second-order valence-electron chi connectivity index (χ2n) is 16.2. The van der Waals surface area contributed by atoms with E-state index in [4.69, 9.17) is 0 Å². The summed E-state index contributed by atoms with van der Waals surface area (Å²) in [5.74, 6) is 0.274. The van der Waals surface area contributed by atoms with Gasteiger partial charge in [-0.2, -0.15) is 5.26 Å². The summed E-state index contributed by atoms with van der Waals surface area (Å²) in [6.45, 7) is 18.9. The van der Waals surface area contributed by atoms with Gasteiger partial charge in [0, 0.05) is 27.9 Å². The normalized spacial score (nSPS) is 15.1. The van der Waals surface area contributed by atoms with Gasteiger partial charge in [0.05, 0.1) is 0 Å². The van der Waals surface area contributed by atoms with Gasteiger partial charge in [0.2, 0.25) is 0 Å². The average molecular weight is 711 g/mol. The molecule has 272 valence electrons. The lowest BCUT2D eigenvalue weighted by atomic mass is 9.63. The van der Waals surface area contributed by atoms with Crippen LogP contribution in [0.15, 0.2) is 127 Å². The van der Waals surface area contributed by atoms with Gasteiger partial charge in [-0.25, -0.2) is 4.79 Å². The van der Waals surface area contributed by atoms with Crippen molar-refractivity contribution in [3.05, 3.63) is 155 Å². The molecule has 0 spiro atoms. The topological polar surface area (TPSA) is 64.3 Å². The van der Waals surface area contributed by atoms with E-state index in [9.17, 15) is 15.2 Å². The summed E-state index contributed by atoms with van der Waals surface area (Å²) in [5.41, 5.74) is 14.4. The number of hydrogen-bond acceptors (Lipinski definition) is 3. The van der Waals surface area contributed by atoms with Gasteiger partial charge < -0.3 is 10.0 Å². The third-order valence-corrected chi connectivity index (χ3v) is 12.4. The maximum Gasteiger partial charge on any atom is 0.346 e. The molecule has 0 saturated heterocycles. The number of anilines is 3. The lowest BCUT2D eigenvalue weighted by Crippen LogP contribution is -2.37. The van der Waals surface area contributed by atoms with Gasteiger partial charge in [0.15, 0.2) is 0 Å². The van der Waals surface area contributed by atoms with Crippen LogP contribution in [-0.2, 0) is 15.6 Å². The summed E-state index contributed by atoms with van der Waals surface area (Å²) in [5, 5.41) is 18.4. The highest BCUT2D eigenvalue weighted by atomic mass is 16.4. The number of carboxylic acids is 1. The van der Waals surface area contributed by atoms with E-state index in [1.807, 2.05) is 18.2 Å². The summed E-state index contributed by atoms with van der Waals surface area (Å²) in [7, 11) is 0. The smallest absolute Gasteiger partial charge is 0.346 e. The van der Waals surface area contributed by atoms with Gasteiger partial charge in [0.1, 0.15) is 11.6 Å². The van der Waals surface area contributed by atoms with Crippen LogP contribution >= 0.6 is 0 Å². The van der Waals surface area contributed by atoms with E-state index in [0.717, 1.165) is 22.6 Å². The highest BCUT2D eigenvalue weighted by Gasteiger charge is 2.49. The summed E-state index contributed by atoms with van der Waals surface area (Å²) in [6.07, 6.45) is 4.77. The molecule has 0 heterocycles. The number of rotatable bonds is 10. The fourth-order valence-corrected chi connectivity index (χ4v) is 10.4. The molecule has 0 atom stereocenters. The molecule has 0 radical (unpaired) electrons. The standard InChI is InChI=1S/C50H50N2O2/c1-31(2)49(32(3)4)44-18-11-9-16-40(44)42-26-24-38(28-46(42)49)52(37-22-20-35(21-23-37)14-13-15-36(30-51)48(53)54)39-25-27-43-41-17-10-12-19-45(41)50(33(5)6,34(7)8)47(43)29-39/h9-29,31-34H,1-8H3,(H,53,54)/b14-13+,36-15+. The van der Waals surface area contributed by atoms with Gasteiger partial charge in [-0.05, 0) is 116 Å². The second-order valence-corrected chi connectivity index (χ2v) is 16.2. The third kappa shape index (κ3) is 5.44. The number of carboxylic acid groups (broad SMARTS) is 1. The van der Waals surface area contributed by atoms with Crippen molar-refractivity contribution < 1.29 is 9.90 Å². The van der Waals surface area contributed by atoms with Gasteiger partial charge in [0.25, 0.3) is 0 Å². The van der Waals surface area contributed by atoms with Crippen molar-refractivity contribution in [3.63, 3.8) is 0 Å². The van der Waals surface area contributed by atoms with Crippen LogP contribution in [0.2, 0.25) is 0 Å². The molecule has 0 fully saturated rings. The minimum absolute atomic E-state index is 0.141. The first kappa shape index (κ1) is 36.7. The number of nitrogens with zero attached hydrogens (tertiary/aromatic N) is 2. The number of fused-ring (bicyclic) bond motifs is 6. The van der Waals surface area contributed by atoms with E-state index in [2.05, 4.69) is 157 Å². The SMILES string of the molecule is CC(C)C1(C(C)C)c2ccccc2-c2ccc(N(c3ccc(/C=C/C=C(\C#N)C(=O)O)cc3)c3ccc4c(c3)C(C(C)C)(C(C)C)c3ccccc3-4)cc21. The average Bonchev–Trinajstić information content (AvgIpc) is 3.62. The van der Waals surface area contributed by atoms with Gasteiger partial charge in [-0.3, -0.25) is 0 Å². The summed E-state index contributed by atoms with van der Waals surface area (Å²) < 4.78 is 0. The number of allylic oxidation sites excluding steroid dienone is 2. The molecule has 4 nitrogen and oxygen atoms in total. The Morgan fingerprint density at radius 3 is 1.41 bits per heavy atom. The molecule has 7 rings (SSSR count). The largest absolute Gasteiger partial charge is 0.477 e. The number of carbonyl (C=O) groups is 1.